The molecule has 1 aromatic carbocycles. The maximum Gasteiger partial charge on any atom is 0.241 e. The highest BCUT2D eigenvalue weighted by Crippen LogP contribution is 2.25. The third-order valence-electron chi connectivity index (χ3n) is 2.89. The van der Waals surface area contributed by atoms with Gasteiger partial charge in [0.25, 0.3) is 0 Å². The molecular weight excluding hydrogens is 475 g/mol. The molecular formula is C15H24BrIN4O2. The van der Waals surface area contributed by atoms with E-state index in [0.717, 1.165) is 22.3 Å². The van der Waals surface area contributed by atoms with Crippen LogP contribution in [0, 0.1) is 0 Å². The monoisotopic (exact) mass is 498 g/mol. The molecule has 0 fully saturated rings. The highest BCUT2D eigenvalue weighted by molar-refractivity contribution is 14.0. The molecule has 0 aromatic heterocycles. The number of amides is 1. The fourth-order valence-corrected chi connectivity index (χ4v) is 2.23. The zero-order valence-electron chi connectivity index (χ0n) is 13.9. The minimum absolute atomic E-state index is 0. The average molecular weight is 499 g/mol. The van der Waals surface area contributed by atoms with E-state index in [1.807, 2.05) is 25.1 Å². The van der Waals surface area contributed by atoms with E-state index in [1.165, 1.54) is 4.90 Å². The predicted molar refractivity (Wildman–Crippen MR) is 108 cm³/mol. The molecule has 2 N–H and O–H groups in total. The van der Waals surface area contributed by atoms with Crippen LogP contribution >= 0.6 is 39.9 Å². The number of hydrogen-bond donors (Lipinski definition) is 2. The van der Waals surface area contributed by atoms with Crippen LogP contribution in [0.3, 0.4) is 0 Å². The molecule has 0 aliphatic carbocycles. The molecule has 0 unspecified atom stereocenters. The number of likely N-dealkylation sites (N-methyl/N-ethyl adjacent to an activating group) is 1. The van der Waals surface area contributed by atoms with E-state index in [2.05, 4.69) is 31.6 Å². The van der Waals surface area contributed by atoms with Gasteiger partial charge in [0.2, 0.25) is 5.91 Å². The number of nitrogens with one attached hydrogen (secondary N) is 2. The Hall–Kier alpha value is -1.03. The van der Waals surface area contributed by atoms with Crippen LogP contribution in [0.1, 0.15) is 12.5 Å². The van der Waals surface area contributed by atoms with Crippen molar-refractivity contribution in [3.05, 3.63) is 28.2 Å². The first kappa shape index (κ1) is 22.0. The molecule has 1 aromatic rings. The van der Waals surface area contributed by atoms with E-state index < -0.39 is 0 Å². The lowest BCUT2D eigenvalue weighted by Crippen LogP contribution is -2.42. The topological polar surface area (TPSA) is 66.0 Å². The Kier molecular flexibility index (Phi) is 11.0. The molecule has 1 rings (SSSR count). The Morgan fingerprint density at radius 1 is 1.35 bits per heavy atom. The van der Waals surface area contributed by atoms with Crippen molar-refractivity contribution in [1.82, 2.24) is 15.5 Å². The van der Waals surface area contributed by atoms with Crippen LogP contribution in [0.4, 0.5) is 0 Å². The molecule has 0 radical (unpaired) electrons. The summed E-state index contributed by atoms with van der Waals surface area (Å²) in [6.45, 7) is 3.43. The van der Waals surface area contributed by atoms with Crippen molar-refractivity contribution in [2.75, 3.05) is 34.3 Å². The zero-order valence-corrected chi connectivity index (χ0v) is 17.8. The Balaban J connectivity index is 0.00000484. The molecule has 0 aliphatic rings. The minimum atomic E-state index is -0.00204. The molecule has 0 spiro atoms. The van der Waals surface area contributed by atoms with Crippen LogP contribution < -0.4 is 15.4 Å². The Bertz CT molecular complexity index is 538. The number of hydrogen-bond acceptors (Lipinski definition) is 3. The van der Waals surface area contributed by atoms with E-state index >= 15 is 0 Å². The summed E-state index contributed by atoms with van der Waals surface area (Å²) in [6.07, 6.45) is 0. The summed E-state index contributed by atoms with van der Waals surface area (Å²) in [5.74, 6) is 1.40. The lowest BCUT2D eigenvalue weighted by molar-refractivity contribution is -0.127. The number of halogens is 2. The number of carbonyl (C=O) groups is 1. The van der Waals surface area contributed by atoms with Crippen molar-refractivity contribution in [3.8, 4) is 5.75 Å². The van der Waals surface area contributed by atoms with Gasteiger partial charge >= 0.3 is 0 Å². The molecule has 8 heteroatoms. The number of benzene rings is 1. The number of methoxy groups -OCH3 is 1. The van der Waals surface area contributed by atoms with E-state index in [4.69, 9.17) is 4.74 Å². The van der Waals surface area contributed by atoms with Gasteiger partial charge in [-0.15, -0.1) is 24.0 Å². The molecule has 0 saturated heterocycles. The second-order valence-electron chi connectivity index (χ2n) is 4.81. The minimum Gasteiger partial charge on any atom is -0.496 e. The standard InChI is InChI=1S/C15H23BrN4O2.HI/c1-5-17-15(19-10-14(21)20(2)3)18-9-11-6-7-13(22-4)12(16)8-11;/h6-8H,5,9-10H2,1-4H3,(H2,17,18,19);1H. The van der Waals surface area contributed by atoms with Crippen LogP contribution in [0.2, 0.25) is 0 Å². The fourth-order valence-electron chi connectivity index (χ4n) is 1.64. The summed E-state index contributed by atoms with van der Waals surface area (Å²) in [4.78, 5) is 17.6. The van der Waals surface area contributed by atoms with Gasteiger partial charge in [0.05, 0.1) is 24.7 Å². The number of carbonyl (C=O) groups excluding carboxylic acids is 1. The molecule has 0 atom stereocenters. The first-order valence-electron chi connectivity index (χ1n) is 7.02. The molecule has 0 saturated carbocycles. The van der Waals surface area contributed by atoms with Crippen LogP contribution in [0.25, 0.3) is 0 Å². The smallest absolute Gasteiger partial charge is 0.241 e. The SMILES string of the molecule is CCNC(=NCc1ccc(OC)c(Br)c1)NCC(=O)N(C)C.I. The molecule has 0 aliphatic heterocycles. The summed E-state index contributed by atoms with van der Waals surface area (Å²) in [5, 5.41) is 6.14. The molecule has 130 valence electrons. The Morgan fingerprint density at radius 3 is 2.57 bits per heavy atom. The number of guanidine groups is 1. The zero-order chi connectivity index (χ0) is 16.5. The van der Waals surface area contributed by atoms with Crippen LogP contribution in [0.15, 0.2) is 27.7 Å². The summed E-state index contributed by atoms with van der Waals surface area (Å²) in [5.41, 5.74) is 1.05. The van der Waals surface area contributed by atoms with Gasteiger partial charge in [-0.3, -0.25) is 4.79 Å². The van der Waals surface area contributed by atoms with Crippen molar-refractivity contribution in [1.29, 1.82) is 0 Å². The van der Waals surface area contributed by atoms with Crippen molar-refractivity contribution in [2.24, 2.45) is 4.99 Å². The summed E-state index contributed by atoms with van der Waals surface area (Å²) in [6, 6.07) is 5.82. The van der Waals surface area contributed by atoms with Crippen molar-refractivity contribution >= 4 is 51.8 Å². The number of ether oxygens (including phenoxy) is 1. The highest BCUT2D eigenvalue weighted by Gasteiger charge is 2.06. The molecule has 1 amide bonds. The van der Waals surface area contributed by atoms with Crippen molar-refractivity contribution < 1.29 is 9.53 Å². The molecule has 6 nitrogen and oxygen atoms in total. The molecule has 0 heterocycles. The third kappa shape index (κ3) is 7.87. The van der Waals surface area contributed by atoms with Crippen LogP contribution in [0.5, 0.6) is 5.75 Å². The lowest BCUT2D eigenvalue weighted by atomic mass is 10.2. The second kappa shape index (κ2) is 11.5. The van der Waals surface area contributed by atoms with Gasteiger partial charge in [-0.2, -0.15) is 0 Å². The van der Waals surface area contributed by atoms with Gasteiger partial charge in [-0.1, -0.05) is 6.07 Å². The second-order valence-corrected chi connectivity index (χ2v) is 5.66. The van der Waals surface area contributed by atoms with Gasteiger partial charge in [-0.05, 0) is 40.5 Å². The van der Waals surface area contributed by atoms with E-state index in [-0.39, 0.29) is 36.4 Å². The van der Waals surface area contributed by atoms with Crippen molar-refractivity contribution in [3.63, 3.8) is 0 Å². The molecule has 0 bridgehead atoms. The third-order valence-corrected chi connectivity index (χ3v) is 3.51. The summed E-state index contributed by atoms with van der Waals surface area (Å²) in [7, 11) is 5.08. The lowest BCUT2D eigenvalue weighted by Gasteiger charge is -2.14. The van der Waals surface area contributed by atoms with Gasteiger partial charge in [0.1, 0.15) is 5.75 Å². The maximum atomic E-state index is 11.6. The van der Waals surface area contributed by atoms with E-state index in [1.54, 1.807) is 21.2 Å². The predicted octanol–water partition coefficient (Wildman–Crippen LogP) is 2.22. The Morgan fingerprint density at radius 2 is 2.04 bits per heavy atom. The number of aliphatic imine (C=N–C) groups is 1. The number of nitrogens with zero attached hydrogens (tertiary/aromatic N) is 2. The van der Waals surface area contributed by atoms with Crippen LogP contribution in [-0.2, 0) is 11.3 Å². The summed E-state index contributed by atoms with van der Waals surface area (Å²) >= 11 is 3.46. The fraction of sp³-hybridized carbons (Fsp3) is 0.467. The van der Waals surface area contributed by atoms with Gasteiger partial charge in [0, 0.05) is 20.6 Å². The van der Waals surface area contributed by atoms with Gasteiger partial charge in [-0.25, -0.2) is 4.99 Å². The van der Waals surface area contributed by atoms with Gasteiger partial charge < -0.3 is 20.3 Å². The Labute approximate surface area is 163 Å². The summed E-state index contributed by atoms with van der Waals surface area (Å²) < 4.78 is 6.09. The van der Waals surface area contributed by atoms with Crippen molar-refractivity contribution in [2.45, 2.75) is 13.5 Å². The van der Waals surface area contributed by atoms with Crippen LogP contribution in [-0.4, -0.2) is 51.1 Å². The molecule has 23 heavy (non-hydrogen) atoms. The van der Waals surface area contributed by atoms with E-state index in [0.29, 0.717) is 12.5 Å². The van der Waals surface area contributed by atoms with Gasteiger partial charge in [0.15, 0.2) is 5.96 Å². The first-order valence-corrected chi connectivity index (χ1v) is 7.82. The number of rotatable bonds is 6. The normalized spacial score (nSPS) is 10.6. The highest BCUT2D eigenvalue weighted by atomic mass is 127. The average Bonchev–Trinajstić information content (AvgIpc) is 2.49. The maximum absolute atomic E-state index is 11.6. The largest absolute Gasteiger partial charge is 0.496 e. The first-order chi connectivity index (χ1) is 10.5. The quantitative estimate of drug-likeness (QED) is 0.358. The van der Waals surface area contributed by atoms with E-state index in [9.17, 15) is 4.79 Å².